The number of nitrogens with zero attached hydrogens (tertiary/aromatic N) is 1. The molecule has 136 valence electrons. The maximum absolute atomic E-state index is 12.8. The molecule has 1 heterocycles. The van der Waals surface area contributed by atoms with Crippen LogP contribution in [0.15, 0.2) is 42.5 Å². The SMILES string of the molecule is CC(C)c1cccc(C(C)C)c1NC(=O)C(=O)N1CCc2ccccc21. The van der Waals surface area contributed by atoms with Crippen LogP contribution in [-0.4, -0.2) is 18.4 Å². The zero-order chi connectivity index (χ0) is 18.8. The molecule has 4 heteroatoms. The summed E-state index contributed by atoms with van der Waals surface area (Å²) in [6.07, 6.45) is 0.787. The predicted octanol–water partition coefficient (Wildman–Crippen LogP) is 4.46. The van der Waals surface area contributed by atoms with Crippen LogP contribution in [0.4, 0.5) is 11.4 Å². The summed E-state index contributed by atoms with van der Waals surface area (Å²) in [6, 6.07) is 13.8. The lowest BCUT2D eigenvalue weighted by atomic mass is 9.92. The highest BCUT2D eigenvalue weighted by atomic mass is 16.2. The van der Waals surface area contributed by atoms with Gasteiger partial charge in [0.05, 0.1) is 0 Å². The molecule has 0 aromatic heterocycles. The number of rotatable bonds is 3. The average Bonchev–Trinajstić information content (AvgIpc) is 3.04. The third-order valence-corrected chi connectivity index (χ3v) is 4.94. The second kappa shape index (κ2) is 7.32. The van der Waals surface area contributed by atoms with E-state index < -0.39 is 11.8 Å². The molecule has 0 bridgehead atoms. The van der Waals surface area contributed by atoms with E-state index in [1.54, 1.807) is 4.90 Å². The molecule has 1 N–H and O–H groups in total. The topological polar surface area (TPSA) is 49.4 Å². The lowest BCUT2D eigenvalue weighted by Gasteiger charge is -2.21. The van der Waals surface area contributed by atoms with Crippen molar-refractivity contribution >= 4 is 23.2 Å². The van der Waals surface area contributed by atoms with E-state index in [0.29, 0.717) is 6.54 Å². The van der Waals surface area contributed by atoms with E-state index in [-0.39, 0.29) is 11.8 Å². The van der Waals surface area contributed by atoms with Crippen molar-refractivity contribution in [2.45, 2.75) is 46.0 Å². The van der Waals surface area contributed by atoms with Gasteiger partial charge in [0.2, 0.25) is 0 Å². The number of hydrogen-bond donors (Lipinski definition) is 1. The van der Waals surface area contributed by atoms with Crippen LogP contribution in [0.1, 0.15) is 56.2 Å². The molecule has 2 aromatic rings. The van der Waals surface area contributed by atoms with Gasteiger partial charge in [-0.3, -0.25) is 9.59 Å². The molecule has 3 rings (SSSR count). The van der Waals surface area contributed by atoms with E-state index in [0.717, 1.165) is 34.5 Å². The first-order chi connectivity index (χ1) is 12.4. The largest absolute Gasteiger partial charge is 0.317 e. The number of hydrogen-bond acceptors (Lipinski definition) is 2. The van der Waals surface area contributed by atoms with Crippen LogP contribution < -0.4 is 10.2 Å². The number of amides is 2. The highest BCUT2D eigenvalue weighted by Crippen LogP contribution is 2.33. The summed E-state index contributed by atoms with van der Waals surface area (Å²) in [5.74, 6) is -0.557. The molecular weight excluding hydrogens is 324 g/mol. The molecule has 0 radical (unpaired) electrons. The van der Waals surface area contributed by atoms with E-state index in [9.17, 15) is 9.59 Å². The van der Waals surface area contributed by atoms with Crippen molar-refractivity contribution in [3.63, 3.8) is 0 Å². The van der Waals surface area contributed by atoms with Gasteiger partial charge in [-0.05, 0) is 41.0 Å². The molecule has 1 aliphatic rings. The molecule has 2 aromatic carbocycles. The number of carbonyl (C=O) groups excluding carboxylic acids is 2. The summed E-state index contributed by atoms with van der Waals surface area (Å²) in [7, 11) is 0. The molecule has 0 unspecified atom stereocenters. The van der Waals surface area contributed by atoms with Crippen molar-refractivity contribution in [2.75, 3.05) is 16.8 Å². The Morgan fingerprint density at radius 1 is 0.923 bits per heavy atom. The third kappa shape index (κ3) is 3.36. The Hall–Kier alpha value is -2.62. The average molecular weight is 350 g/mol. The minimum absolute atomic E-state index is 0.256. The normalized spacial score (nSPS) is 13.2. The number of nitrogens with one attached hydrogen (secondary N) is 1. The quantitative estimate of drug-likeness (QED) is 0.831. The third-order valence-electron chi connectivity index (χ3n) is 4.94. The molecule has 0 saturated heterocycles. The first-order valence-electron chi connectivity index (χ1n) is 9.23. The number of para-hydroxylation sites is 2. The molecular formula is C22H26N2O2. The van der Waals surface area contributed by atoms with E-state index in [2.05, 4.69) is 33.0 Å². The highest BCUT2D eigenvalue weighted by Gasteiger charge is 2.30. The summed E-state index contributed by atoms with van der Waals surface area (Å²) < 4.78 is 0. The van der Waals surface area contributed by atoms with Gasteiger partial charge in [-0.15, -0.1) is 0 Å². The Balaban J connectivity index is 1.88. The van der Waals surface area contributed by atoms with Crippen LogP contribution in [0.2, 0.25) is 0 Å². The molecule has 0 aliphatic carbocycles. The molecule has 26 heavy (non-hydrogen) atoms. The molecule has 0 spiro atoms. The zero-order valence-electron chi connectivity index (χ0n) is 15.9. The molecule has 4 nitrogen and oxygen atoms in total. The Morgan fingerprint density at radius 3 is 2.15 bits per heavy atom. The lowest BCUT2D eigenvalue weighted by molar-refractivity contribution is -0.134. The fourth-order valence-corrected chi connectivity index (χ4v) is 3.53. The van der Waals surface area contributed by atoms with Crippen molar-refractivity contribution in [2.24, 2.45) is 0 Å². The second-order valence-electron chi connectivity index (χ2n) is 7.41. The van der Waals surface area contributed by atoms with E-state index in [4.69, 9.17) is 0 Å². The number of benzene rings is 2. The minimum Gasteiger partial charge on any atom is -0.317 e. The summed E-state index contributed by atoms with van der Waals surface area (Å²) in [6.45, 7) is 8.91. The summed E-state index contributed by atoms with van der Waals surface area (Å²) in [5, 5.41) is 2.92. The Kier molecular flexibility index (Phi) is 5.12. The number of carbonyl (C=O) groups is 2. The van der Waals surface area contributed by atoms with Crippen LogP contribution in [0.3, 0.4) is 0 Å². The van der Waals surface area contributed by atoms with Gasteiger partial charge in [-0.1, -0.05) is 64.1 Å². The van der Waals surface area contributed by atoms with Gasteiger partial charge in [0.15, 0.2) is 0 Å². The maximum Gasteiger partial charge on any atom is 0.316 e. The molecule has 1 aliphatic heterocycles. The van der Waals surface area contributed by atoms with Gasteiger partial charge in [0, 0.05) is 17.9 Å². The fourth-order valence-electron chi connectivity index (χ4n) is 3.53. The molecule has 0 fully saturated rings. The van der Waals surface area contributed by atoms with E-state index in [1.165, 1.54) is 0 Å². The van der Waals surface area contributed by atoms with Crippen molar-refractivity contribution < 1.29 is 9.59 Å². The van der Waals surface area contributed by atoms with Crippen LogP contribution in [0.25, 0.3) is 0 Å². The minimum atomic E-state index is -0.572. The number of anilines is 2. The lowest BCUT2D eigenvalue weighted by Crippen LogP contribution is -2.39. The Morgan fingerprint density at radius 2 is 1.54 bits per heavy atom. The summed E-state index contributed by atoms with van der Waals surface area (Å²) in [4.78, 5) is 27.1. The zero-order valence-corrected chi connectivity index (χ0v) is 15.9. The van der Waals surface area contributed by atoms with Crippen molar-refractivity contribution in [3.05, 3.63) is 59.2 Å². The van der Waals surface area contributed by atoms with Gasteiger partial charge in [-0.25, -0.2) is 0 Å². The van der Waals surface area contributed by atoms with Crippen LogP contribution in [0.5, 0.6) is 0 Å². The van der Waals surface area contributed by atoms with Crippen LogP contribution in [0, 0.1) is 0 Å². The first kappa shape index (κ1) is 18.2. The monoisotopic (exact) mass is 350 g/mol. The van der Waals surface area contributed by atoms with Gasteiger partial charge in [0.25, 0.3) is 0 Å². The Labute approximate surface area is 155 Å². The van der Waals surface area contributed by atoms with E-state index >= 15 is 0 Å². The summed E-state index contributed by atoms with van der Waals surface area (Å²) in [5.41, 5.74) is 4.84. The Bertz CT molecular complexity index is 814. The van der Waals surface area contributed by atoms with Gasteiger partial charge >= 0.3 is 11.8 Å². The second-order valence-corrected chi connectivity index (χ2v) is 7.41. The smallest absolute Gasteiger partial charge is 0.316 e. The number of fused-ring (bicyclic) bond motifs is 1. The van der Waals surface area contributed by atoms with Crippen LogP contribution >= 0.6 is 0 Å². The van der Waals surface area contributed by atoms with Gasteiger partial charge < -0.3 is 10.2 Å². The predicted molar refractivity (Wildman–Crippen MR) is 106 cm³/mol. The van der Waals surface area contributed by atoms with Gasteiger partial charge in [0.1, 0.15) is 0 Å². The molecule has 0 saturated carbocycles. The standard InChI is InChI=1S/C22H26N2O2/c1-14(2)17-9-7-10-18(15(3)4)20(17)23-21(25)22(26)24-13-12-16-8-5-6-11-19(16)24/h5-11,14-15H,12-13H2,1-4H3,(H,23,25). The molecule has 2 amide bonds. The van der Waals surface area contributed by atoms with E-state index in [1.807, 2.05) is 42.5 Å². The van der Waals surface area contributed by atoms with Crippen molar-refractivity contribution in [1.82, 2.24) is 0 Å². The first-order valence-corrected chi connectivity index (χ1v) is 9.23. The van der Waals surface area contributed by atoms with Gasteiger partial charge in [-0.2, -0.15) is 0 Å². The summed E-state index contributed by atoms with van der Waals surface area (Å²) >= 11 is 0. The van der Waals surface area contributed by atoms with Crippen molar-refractivity contribution in [3.8, 4) is 0 Å². The van der Waals surface area contributed by atoms with Crippen molar-refractivity contribution in [1.29, 1.82) is 0 Å². The highest BCUT2D eigenvalue weighted by molar-refractivity contribution is 6.44. The van der Waals surface area contributed by atoms with Crippen LogP contribution in [-0.2, 0) is 16.0 Å². The molecule has 0 atom stereocenters. The maximum atomic E-state index is 12.8. The fraction of sp³-hybridized carbons (Fsp3) is 0.364.